The second kappa shape index (κ2) is 4.33. The molecule has 84 valence electrons. The number of rotatable bonds is 4. The first-order chi connectivity index (χ1) is 6.91. The minimum Gasteiger partial charge on any atom is -0.479 e. The largest absolute Gasteiger partial charge is 0.479 e. The minimum absolute atomic E-state index is 0.509. The molecule has 15 heavy (non-hydrogen) atoms. The Labute approximate surface area is 93.7 Å². The summed E-state index contributed by atoms with van der Waals surface area (Å²) in [7, 11) is 1.43. The van der Waals surface area contributed by atoms with Gasteiger partial charge in [-0.25, -0.2) is 4.79 Å². The van der Waals surface area contributed by atoms with Gasteiger partial charge in [0, 0.05) is 12.5 Å². The minimum atomic E-state index is -0.923. The molecule has 4 heteroatoms. The molecule has 0 aromatic carbocycles. The van der Waals surface area contributed by atoms with Gasteiger partial charge in [-0.3, -0.25) is 0 Å². The standard InChI is InChI=1S/C11H16O3S/c1-7-5-15-6-8(7)11(2,3)9(14-4)10(12)13/h5-6,9H,1-4H3,(H,12,13). The fraction of sp³-hybridized carbons (Fsp3) is 0.545. The van der Waals surface area contributed by atoms with Crippen molar-refractivity contribution in [3.05, 3.63) is 21.9 Å². The van der Waals surface area contributed by atoms with Gasteiger partial charge in [0.05, 0.1) is 0 Å². The summed E-state index contributed by atoms with van der Waals surface area (Å²) in [6.45, 7) is 5.77. The van der Waals surface area contributed by atoms with E-state index in [4.69, 9.17) is 9.84 Å². The van der Waals surface area contributed by atoms with Crippen LogP contribution in [0.3, 0.4) is 0 Å². The molecule has 0 saturated heterocycles. The molecule has 0 fully saturated rings. The first-order valence-electron chi connectivity index (χ1n) is 4.70. The van der Waals surface area contributed by atoms with Crippen LogP contribution in [0.1, 0.15) is 25.0 Å². The molecule has 1 heterocycles. The summed E-state index contributed by atoms with van der Waals surface area (Å²) in [5.74, 6) is -0.923. The van der Waals surface area contributed by atoms with E-state index in [1.165, 1.54) is 7.11 Å². The third kappa shape index (κ3) is 2.21. The lowest BCUT2D eigenvalue weighted by molar-refractivity contribution is -0.152. The highest BCUT2D eigenvalue weighted by Crippen LogP contribution is 2.33. The van der Waals surface area contributed by atoms with Crippen LogP contribution in [-0.2, 0) is 14.9 Å². The Morgan fingerprint density at radius 2 is 2.13 bits per heavy atom. The normalized spacial score (nSPS) is 13.9. The maximum absolute atomic E-state index is 11.1. The van der Waals surface area contributed by atoms with E-state index in [2.05, 4.69) is 0 Å². The quantitative estimate of drug-likeness (QED) is 0.861. The highest BCUT2D eigenvalue weighted by molar-refractivity contribution is 7.08. The Balaban J connectivity index is 3.11. The van der Waals surface area contributed by atoms with E-state index in [-0.39, 0.29) is 0 Å². The van der Waals surface area contributed by atoms with E-state index < -0.39 is 17.5 Å². The zero-order valence-corrected chi connectivity index (χ0v) is 10.2. The second-order valence-electron chi connectivity index (χ2n) is 4.14. The molecule has 0 radical (unpaired) electrons. The van der Waals surface area contributed by atoms with E-state index in [0.29, 0.717) is 0 Å². The maximum atomic E-state index is 11.1. The van der Waals surface area contributed by atoms with Crippen molar-refractivity contribution in [2.75, 3.05) is 7.11 Å². The van der Waals surface area contributed by atoms with E-state index >= 15 is 0 Å². The van der Waals surface area contributed by atoms with Crippen molar-refractivity contribution >= 4 is 17.3 Å². The zero-order chi connectivity index (χ0) is 11.6. The molecule has 1 aromatic rings. The van der Waals surface area contributed by atoms with Crippen LogP contribution in [-0.4, -0.2) is 24.3 Å². The summed E-state index contributed by atoms with van der Waals surface area (Å²) in [6.07, 6.45) is -0.814. The van der Waals surface area contributed by atoms with Gasteiger partial charge in [0.2, 0.25) is 0 Å². The van der Waals surface area contributed by atoms with Crippen LogP contribution in [0.15, 0.2) is 10.8 Å². The number of ether oxygens (including phenoxy) is 1. The summed E-state index contributed by atoms with van der Waals surface area (Å²) in [5, 5.41) is 13.1. The van der Waals surface area contributed by atoms with Gasteiger partial charge in [0.1, 0.15) is 0 Å². The fourth-order valence-electron chi connectivity index (χ4n) is 1.87. The molecule has 1 N–H and O–H groups in total. The van der Waals surface area contributed by atoms with Gasteiger partial charge in [-0.15, -0.1) is 0 Å². The average molecular weight is 228 g/mol. The van der Waals surface area contributed by atoms with Crippen molar-refractivity contribution in [1.82, 2.24) is 0 Å². The molecule has 0 saturated carbocycles. The lowest BCUT2D eigenvalue weighted by Gasteiger charge is -2.30. The molecule has 1 atom stereocenters. The molecular weight excluding hydrogens is 212 g/mol. The smallest absolute Gasteiger partial charge is 0.333 e. The van der Waals surface area contributed by atoms with Gasteiger partial charge in [-0.2, -0.15) is 11.3 Å². The van der Waals surface area contributed by atoms with Gasteiger partial charge in [0.15, 0.2) is 6.10 Å². The monoisotopic (exact) mass is 228 g/mol. The van der Waals surface area contributed by atoms with Crippen LogP contribution in [0, 0.1) is 6.92 Å². The summed E-state index contributed by atoms with van der Waals surface area (Å²) < 4.78 is 5.06. The van der Waals surface area contributed by atoms with Crippen LogP contribution < -0.4 is 0 Å². The van der Waals surface area contributed by atoms with Crippen LogP contribution >= 0.6 is 11.3 Å². The predicted octanol–water partition coefficient (Wildman–Crippen LogP) is 2.43. The van der Waals surface area contributed by atoms with Gasteiger partial charge >= 0.3 is 5.97 Å². The Hall–Kier alpha value is -0.870. The Bertz CT molecular complexity index is 354. The van der Waals surface area contributed by atoms with Crippen LogP contribution in [0.25, 0.3) is 0 Å². The molecule has 0 aliphatic rings. The lowest BCUT2D eigenvalue weighted by Crippen LogP contribution is -2.41. The van der Waals surface area contributed by atoms with E-state index in [1.807, 2.05) is 31.5 Å². The Morgan fingerprint density at radius 3 is 2.47 bits per heavy atom. The topological polar surface area (TPSA) is 46.5 Å². The van der Waals surface area contributed by atoms with Gasteiger partial charge in [0.25, 0.3) is 0 Å². The van der Waals surface area contributed by atoms with Crippen LogP contribution in [0.5, 0.6) is 0 Å². The van der Waals surface area contributed by atoms with Crippen molar-refractivity contribution in [3.8, 4) is 0 Å². The lowest BCUT2D eigenvalue weighted by atomic mass is 9.79. The van der Waals surface area contributed by atoms with Crippen molar-refractivity contribution in [3.63, 3.8) is 0 Å². The number of aryl methyl sites for hydroxylation is 1. The third-order valence-electron chi connectivity index (χ3n) is 2.67. The molecule has 0 aliphatic carbocycles. The number of thiophene rings is 1. The molecular formula is C11H16O3S. The molecule has 0 bridgehead atoms. The number of hydrogen-bond donors (Lipinski definition) is 1. The number of hydrogen-bond acceptors (Lipinski definition) is 3. The SMILES string of the molecule is COC(C(=O)O)C(C)(C)c1cscc1C. The zero-order valence-electron chi connectivity index (χ0n) is 9.40. The third-order valence-corrected chi connectivity index (χ3v) is 3.53. The summed E-state index contributed by atoms with van der Waals surface area (Å²) in [5.41, 5.74) is 1.65. The summed E-state index contributed by atoms with van der Waals surface area (Å²) in [6, 6.07) is 0. The summed E-state index contributed by atoms with van der Waals surface area (Å²) >= 11 is 1.58. The molecule has 1 aromatic heterocycles. The van der Waals surface area contributed by atoms with Crippen LogP contribution in [0.2, 0.25) is 0 Å². The molecule has 1 rings (SSSR count). The van der Waals surface area contributed by atoms with Gasteiger partial charge in [-0.1, -0.05) is 13.8 Å². The Morgan fingerprint density at radius 1 is 1.53 bits per heavy atom. The van der Waals surface area contributed by atoms with Crippen molar-refractivity contribution in [2.45, 2.75) is 32.3 Å². The number of methoxy groups -OCH3 is 1. The van der Waals surface area contributed by atoms with Crippen molar-refractivity contribution < 1.29 is 14.6 Å². The molecule has 1 unspecified atom stereocenters. The van der Waals surface area contributed by atoms with Gasteiger partial charge < -0.3 is 9.84 Å². The van der Waals surface area contributed by atoms with E-state index in [0.717, 1.165) is 11.1 Å². The Kier molecular flexibility index (Phi) is 3.52. The number of carboxylic acid groups (broad SMARTS) is 1. The highest BCUT2D eigenvalue weighted by Gasteiger charge is 2.38. The first-order valence-corrected chi connectivity index (χ1v) is 5.64. The predicted molar refractivity (Wildman–Crippen MR) is 60.5 cm³/mol. The van der Waals surface area contributed by atoms with Crippen molar-refractivity contribution in [2.24, 2.45) is 0 Å². The highest BCUT2D eigenvalue weighted by atomic mass is 32.1. The van der Waals surface area contributed by atoms with Crippen molar-refractivity contribution in [1.29, 1.82) is 0 Å². The van der Waals surface area contributed by atoms with E-state index in [9.17, 15) is 4.79 Å². The summed E-state index contributed by atoms with van der Waals surface area (Å²) in [4.78, 5) is 11.1. The molecule has 3 nitrogen and oxygen atoms in total. The number of carboxylic acids is 1. The first kappa shape index (κ1) is 12.2. The number of aliphatic carboxylic acids is 1. The molecule has 0 amide bonds. The number of carbonyl (C=O) groups is 1. The molecule has 0 spiro atoms. The fourth-order valence-corrected chi connectivity index (χ4v) is 2.89. The average Bonchev–Trinajstić information content (AvgIpc) is 2.51. The van der Waals surface area contributed by atoms with Gasteiger partial charge in [-0.05, 0) is 28.8 Å². The molecule has 0 aliphatic heterocycles. The van der Waals surface area contributed by atoms with E-state index in [1.54, 1.807) is 11.3 Å². The maximum Gasteiger partial charge on any atom is 0.333 e. The van der Waals surface area contributed by atoms with Crippen LogP contribution in [0.4, 0.5) is 0 Å². The second-order valence-corrected chi connectivity index (χ2v) is 4.89.